The van der Waals surface area contributed by atoms with Gasteiger partial charge in [0.2, 0.25) is 5.91 Å². The van der Waals surface area contributed by atoms with Gasteiger partial charge in [-0.2, -0.15) is 27.5 Å². The smallest absolute Gasteiger partial charge is 0.293 e. The number of hydrogen-bond acceptors (Lipinski definition) is 4. The number of hydrogen-bond donors (Lipinski definition) is 2. The molecule has 0 spiro atoms. The molecule has 1 aliphatic carbocycles. The maximum atomic E-state index is 15.2. The monoisotopic (exact) mass is 399 g/mol. The molecule has 2 N–H and O–H groups in total. The molecule has 0 saturated carbocycles. The van der Waals surface area contributed by atoms with Crippen LogP contribution >= 0.6 is 0 Å². The number of nitrogens with zero attached hydrogens (tertiary/aromatic N) is 3. The molecular weight excluding hydrogens is 380 g/mol. The van der Waals surface area contributed by atoms with Crippen molar-refractivity contribution in [3.8, 4) is 0 Å². The molecule has 0 aromatic carbocycles. The number of carbonyl (C=O) groups is 1. The average Bonchev–Trinajstić information content (AvgIpc) is 2.93. The molecule has 1 aliphatic heterocycles. The van der Waals surface area contributed by atoms with Gasteiger partial charge in [-0.25, -0.2) is 14.2 Å². The largest absolute Gasteiger partial charge is 0.314 e. The van der Waals surface area contributed by atoms with Crippen LogP contribution in [0.5, 0.6) is 0 Å². The number of nitrogens with one attached hydrogen (secondary N) is 2. The first kappa shape index (κ1) is 19.9. The lowest BCUT2D eigenvalue weighted by Gasteiger charge is -2.46. The maximum Gasteiger partial charge on any atom is 0.293 e. The molecule has 2 heterocycles. The van der Waals surface area contributed by atoms with Crippen LogP contribution in [0, 0.1) is 0 Å². The van der Waals surface area contributed by atoms with Crippen molar-refractivity contribution < 1.29 is 31.1 Å². The molecular formula is C15H19F6N5O. The van der Waals surface area contributed by atoms with Crippen LogP contribution in [-0.4, -0.2) is 52.4 Å². The average molecular weight is 399 g/mol. The van der Waals surface area contributed by atoms with E-state index < -0.39 is 59.6 Å². The summed E-state index contributed by atoms with van der Waals surface area (Å²) in [5.41, 5.74) is -2.54. The van der Waals surface area contributed by atoms with Gasteiger partial charge in [-0.1, -0.05) is 0 Å². The van der Waals surface area contributed by atoms with Crippen molar-refractivity contribution in [1.29, 1.82) is 0 Å². The molecule has 2 aliphatic rings. The molecule has 12 heteroatoms. The first-order valence-electron chi connectivity index (χ1n) is 8.38. The van der Waals surface area contributed by atoms with Crippen molar-refractivity contribution in [1.82, 2.24) is 20.1 Å². The highest BCUT2D eigenvalue weighted by atomic mass is 19.3. The molecule has 2 atom stereocenters. The van der Waals surface area contributed by atoms with Gasteiger partial charge in [0.1, 0.15) is 11.4 Å². The predicted molar refractivity (Wildman–Crippen MR) is 82.5 cm³/mol. The highest BCUT2D eigenvalue weighted by molar-refractivity contribution is 5.81. The van der Waals surface area contributed by atoms with Crippen molar-refractivity contribution in [2.45, 2.75) is 50.6 Å². The number of carbonyl (C=O) groups excluding carboxylic acids is 1. The van der Waals surface area contributed by atoms with E-state index in [1.807, 2.05) is 0 Å². The number of piperazine rings is 1. The van der Waals surface area contributed by atoms with E-state index in [4.69, 9.17) is 0 Å². The Morgan fingerprint density at radius 1 is 1.33 bits per heavy atom. The summed E-state index contributed by atoms with van der Waals surface area (Å²) in [6, 6.07) is -2.45. The van der Waals surface area contributed by atoms with Crippen LogP contribution in [-0.2, 0) is 16.6 Å². The Labute approximate surface area is 150 Å². The topological polar surface area (TPSA) is 62.2 Å². The van der Waals surface area contributed by atoms with E-state index in [0.29, 0.717) is 13.1 Å². The van der Waals surface area contributed by atoms with Gasteiger partial charge in [0.25, 0.3) is 18.3 Å². The minimum Gasteiger partial charge on any atom is -0.314 e. The van der Waals surface area contributed by atoms with Gasteiger partial charge in [0, 0.05) is 39.0 Å². The standard InChI is InChI=1S/C15H19F6N5O/c1-7-6-22-3-4-25(7)9-5-14(18,19)12-10(15(9,20)21)11(13(16)17)24-26(12)23-8(2)27/h7,9,13,22H,3-6H2,1-2H3,(H,23,27). The fourth-order valence-electron chi connectivity index (χ4n) is 3.76. The Bertz CT molecular complexity index is 737. The first-order valence-corrected chi connectivity index (χ1v) is 8.38. The van der Waals surface area contributed by atoms with Crippen LogP contribution in [0.4, 0.5) is 26.3 Å². The second-order valence-electron chi connectivity index (χ2n) is 6.83. The summed E-state index contributed by atoms with van der Waals surface area (Å²) in [5, 5.41) is 6.13. The van der Waals surface area contributed by atoms with Gasteiger partial charge in [-0.3, -0.25) is 9.69 Å². The second kappa shape index (κ2) is 6.66. The highest BCUT2D eigenvalue weighted by Crippen LogP contribution is 2.53. The van der Waals surface area contributed by atoms with E-state index in [1.165, 1.54) is 4.90 Å². The molecule has 27 heavy (non-hydrogen) atoms. The fourth-order valence-corrected chi connectivity index (χ4v) is 3.76. The third kappa shape index (κ3) is 3.28. The zero-order valence-corrected chi connectivity index (χ0v) is 14.6. The van der Waals surface area contributed by atoms with Gasteiger partial charge in [0.05, 0.1) is 11.6 Å². The molecule has 6 nitrogen and oxygen atoms in total. The molecule has 0 bridgehead atoms. The van der Waals surface area contributed by atoms with E-state index in [1.54, 1.807) is 12.3 Å². The summed E-state index contributed by atoms with van der Waals surface area (Å²) >= 11 is 0. The van der Waals surface area contributed by atoms with E-state index in [2.05, 4.69) is 10.4 Å². The summed E-state index contributed by atoms with van der Waals surface area (Å²) in [4.78, 5) is 12.5. The number of fused-ring (bicyclic) bond motifs is 1. The maximum absolute atomic E-state index is 15.2. The zero-order chi connectivity index (χ0) is 20.1. The summed E-state index contributed by atoms with van der Waals surface area (Å²) in [6.07, 6.45) is -4.78. The molecule has 1 amide bonds. The summed E-state index contributed by atoms with van der Waals surface area (Å²) < 4.78 is 86.8. The third-order valence-electron chi connectivity index (χ3n) is 4.88. The number of aromatic nitrogens is 2. The lowest BCUT2D eigenvalue weighted by atomic mass is 9.83. The highest BCUT2D eigenvalue weighted by Gasteiger charge is 2.62. The predicted octanol–water partition coefficient (Wildman–Crippen LogP) is 2.16. The van der Waals surface area contributed by atoms with Crippen LogP contribution in [0.1, 0.15) is 43.6 Å². The number of amides is 1. The number of alkyl halides is 6. The lowest BCUT2D eigenvalue weighted by molar-refractivity contribution is -0.164. The molecule has 1 fully saturated rings. The normalized spacial score (nSPS) is 27.4. The molecule has 1 saturated heterocycles. The Morgan fingerprint density at radius 2 is 2.00 bits per heavy atom. The van der Waals surface area contributed by atoms with Crippen LogP contribution in [0.25, 0.3) is 0 Å². The summed E-state index contributed by atoms with van der Waals surface area (Å²) in [5.74, 6) is -8.78. The lowest BCUT2D eigenvalue weighted by Crippen LogP contribution is -2.61. The van der Waals surface area contributed by atoms with Crippen LogP contribution in [0.2, 0.25) is 0 Å². The summed E-state index contributed by atoms with van der Waals surface area (Å²) in [7, 11) is 0. The fraction of sp³-hybridized carbons (Fsp3) is 0.733. The van der Waals surface area contributed by atoms with Crippen LogP contribution in [0.3, 0.4) is 0 Å². The van der Waals surface area contributed by atoms with Gasteiger partial charge in [-0.15, -0.1) is 0 Å². The number of rotatable bonds is 3. The van der Waals surface area contributed by atoms with E-state index in [-0.39, 0.29) is 11.3 Å². The van der Waals surface area contributed by atoms with Gasteiger partial charge in [0.15, 0.2) is 0 Å². The van der Waals surface area contributed by atoms with Crippen molar-refractivity contribution in [3.05, 3.63) is 17.0 Å². The number of halogens is 6. The Balaban J connectivity index is 2.17. The van der Waals surface area contributed by atoms with Crippen molar-refractivity contribution in [2.75, 3.05) is 25.1 Å². The van der Waals surface area contributed by atoms with Gasteiger partial charge < -0.3 is 5.32 Å². The van der Waals surface area contributed by atoms with E-state index >= 15 is 8.78 Å². The molecule has 0 radical (unpaired) electrons. The van der Waals surface area contributed by atoms with Crippen molar-refractivity contribution >= 4 is 5.91 Å². The van der Waals surface area contributed by atoms with Crippen molar-refractivity contribution in [3.63, 3.8) is 0 Å². The van der Waals surface area contributed by atoms with Crippen LogP contribution < -0.4 is 10.7 Å². The second-order valence-corrected chi connectivity index (χ2v) is 6.83. The molecule has 1 aromatic heterocycles. The third-order valence-corrected chi connectivity index (χ3v) is 4.88. The first-order chi connectivity index (χ1) is 12.5. The SMILES string of the molecule is CC(=O)Nn1nc(C(F)F)c2c1C(F)(F)CC(N1CCNCC1C)C2(F)F. The molecule has 1 aromatic rings. The molecule has 2 unspecified atom stereocenters. The van der Waals surface area contributed by atoms with E-state index in [0.717, 1.165) is 6.92 Å². The minimum atomic E-state index is -3.99. The van der Waals surface area contributed by atoms with E-state index in [9.17, 15) is 22.4 Å². The minimum absolute atomic E-state index is 0.0600. The molecule has 3 rings (SSSR count). The quantitative estimate of drug-likeness (QED) is 0.765. The Kier molecular flexibility index (Phi) is 4.91. The Morgan fingerprint density at radius 3 is 2.56 bits per heavy atom. The van der Waals surface area contributed by atoms with Crippen LogP contribution in [0.15, 0.2) is 0 Å². The Hall–Kier alpha value is -1.82. The van der Waals surface area contributed by atoms with Gasteiger partial charge in [-0.05, 0) is 6.92 Å². The van der Waals surface area contributed by atoms with Gasteiger partial charge >= 0.3 is 0 Å². The molecule has 152 valence electrons. The van der Waals surface area contributed by atoms with Crippen molar-refractivity contribution in [2.24, 2.45) is 0 Å². The summed E-state index contributed by atoms with van der Waals surface area (Å²) in [6.45, 7) is 3.25. The zero-order valence-electron chi connectivity index (χ0n) is 14.6.